The van der Waals surface area contributed by atoms with Crippen molar-refractivity contribution in [1.82, 2.24) is 25.9 Å². The van der Waals surface area contributed by atoms with Crippen molar-refractivity contribution in [2.24, 2.45) is 0 Å². The van der Waals surface area contributed by atoms with Crippen LogP contribution in [0.2, 0.25) is 0 Å². The van der Waals surface area contributed by atoms with Crippen molar-refractivity contribution in [3.8, 4) is 11.8 Å². The first-order valence-electron chi connectivity index (χ1n) is 9.28. The summed E-state index contributed by atoms with van der Waals surface area (Å²) in [5.41, 5.74) is 0.482. The van der Waals surface area contributed by atoms with Crippen molar-refractivity contribution < 1.29 is 13.9 Å². The molecule has 11 heteroatoms. The number of benzene rings is 1. The van der Waals surface area contributed by atoms with Gasteiger partial charge in [-0.05, 0) is 67.4 Å². The number of tetrazole rings is 1. The van der Waals surface area contributed by atoms with Gasteiger partial charge in [0.1, 0.15) is 17.1 Å². The fourth-order valence-electron chi connectivity index (χ4n) is 3.30. The smallest absolute Gasteiger partial charge is 0.361 e. The normalized spacial score (nSPS) is 15.8. The number of aryl methyl sites for hydroxylation is 1. The van der Waals surface area contributed by atoms with Crippen molar-refractivity contribution in [3.63, 3.8) is 0 Å². The number of hydrogen-bond acceptors (Lipinski definition) is 8. The third-order valence-corrected chi connectivity index (χ3v) is 4.74. The zero-order chi connectivity index (χ0) is 20.2. The summed E-state index contributed by atoms with van der Waals surface area (Å²) in [6.45, 7) is 3.48. The molecule has 1 fully saturated rings. The average molecular weight is 433 g/mol. The third kappa shape index (κ3) is 4.84. The Bertz CT molecular complexity index is 1050. The van der Waals surface area contributed by atoms with Gasteiger partial charge in [-0.2, -0.15) is 5.21 Å². The number of nitrogens with one attached hydrogen (secondary N) is 3. The van der Waals surface area contributed by atoms with Gasteiger partial charge in [0, 0.05) is 18.2 Å². The summed E-state index contributed by atoms with van der Waals surface area (Å²) in [7, 11) is 0. The third-order valence-electron chi connectivity index (χ3n) is 4.74. The predicted molar refractivity (Wildman–Crippen MR) is 110 cm³/mol. The van der Waals surface area contributed by atoms with Crippen LogP contribution in [0.4, 0.5) is 5.69 Å². The highest BCUT2D eigenvalue weighted by Gasteiger charge is 2.22. The molecule has 30 heavy (non-hydrogen) atoms. The van der Waals surface area contributed by atoms with Crippen LogP contribution in [-0.2, 0) is 0 Å². The Hall–Kier alpha value is -3.24. The highest BCUT2D eigenvalue weighted by atomic mass is 35.5. The van der Waals surface area contributed by atoms with Crippen LogP contribution in [-0.4, -0.2) is 39.6 Å². The molecule has 10 nitrogen and oxygen atoms in total. The monoisotopic (exact) mass is 432 g/mol. The maximum absolute atomic E-state index is 12.6. The molecule has 3 heterocycles. The van der Waals surface area contributed by atoms with E-state index in [0.29, 0.717) is 22.8 Å². The number of piperidine rings is 1. The van der Waals surface area contributed by atoms with E-state index in [1.165, 1.54) is 0 Å². The van der Waals surface area contributed by atoms with Crippen LogP contribution in [0, 0.1) is 6.92 Å². The molecule has 0 aliphatic carbocycles. The van der Waals surface area contributed by atoms with Gasteiger partial charge in [0.15, 0.2) is 0 Å². The van der Waals surface area contributed by atoms with E-state index in [1.54, 1.807) is 37.3 Å². The van der Waals surface area contributed by atoms with Gasteiger partial charge in [-0.15, -0.1) is 12.4 Å². The van der Waals surface area contributed by atoms with Crippen LogP contribution in [0.3, 0.4) is 0 Å². The number of hydrogen-bond donors (Lipinski definition) is 3. The molecule has 0 spiro atoms. The van der Waals surface area contributed by atoms with Gasteiger partial charge in [-0.3, -0.25) is 4.79 Å². The fraction of sp³-hybridized carbons (Fsp3) is 0.316. The number of rotatable bonds is 5. The molecule has 1 saturated heterocycles. The Morgan fingerprint density at radius 2 is 2.10 bits per heavy atom. The Kier molecular flexibility index (Phi) is 6.80. The standard InChI is InChI=1S/C19H20N6O4.ClH/c1-11-9-15(12-3-2-8-20-10-12)29-18(27)16(11)17(26)21-13-4-6-14(7-5-13)28-19-22-24-25-23-19;/h4-7,9,12,20H,2-3,8,10H2,1H3,(H,21,26)(H,22,23,24,25);1H. The minimum atomic E-state index is -0.625. The number of ether oxygens (including phenoxy) is 1. The number of amides is 1. The minimum absolute atomic E-state index is 0. The first-order chi connectivity index (χ1) is 14.1. The molecule has 2 aromatic heterocycles. The van der Waals surface area contributed by atoms with Crippen molar-refractivity contribution in [2.75, 3.05) is 18.4 Å². The van der Waals surface area contributed by atoms with Crippen molar-refractivity contribution in [3.05, 3.63) is 57.6 Å². The lowest BCUT2D eigenvalue weighted by Crippen LogP contribution is -2.30. The number of carbonyl (C=O) groups excluding carboxylic acids is 1. The summed E-state index contributed by atoms with van der Waals surface area (Å²) >= 11 is 0. The van der Waals surface area contributed by atoms with Crippen LogP contribution < -0.4 is 21.0 Å². The number of nitrogens with zero attached hydrogens (tertiary/aromatic N) is 3. The van der Waals surface area contributed by atoms with Crippen LogP contribution in [0.15, 0.2) is 39.5 Å². The number of anilines is 1. The maximum atomic E-state index is 12.6. The van der Waals surface area contributed by atoms with Gasteiger partial charge in [0.25, 0.3) is 5.91 Å². The molecule has 1 amide bonds. The molecule has 3 aromatic rings. The molecule has 0 saturated carbocycles. The molecular formula is C19H21ClN6O4. The minimum Gasteiger partial charge on any atom is -0.427 e. The highest BCUT2D eigenvalue weighted by molar-refractivity contribution is 6.04. The molecule has 4 rings (SSSR count). The lowest BCUT2D eigenvalue weighted by molar-refractivity contribution is 0.102. The zero-order valence-electron chi connectivity index (χ0n) is 16.2. The van der Waals surface area contributed by atoms with E-state index in [4.69, 9.17) is 9.15 Å². The van der Waals surface area contributed by atoms with Gasteiger partial charge in [0.05, 0.1) is 0 Å². The number of aromatic nitrogens is 4. The molecule has 0 bridgehead atoms. The summed E-state index contributed by atoms with van der Waals surface area (Å²) < 4.78 is 10.8. The van der Waals surface area contributed by atoms with E-state index in [-0.39, 0.29) is 29.9 Å². The van der Waals surface area contributed by atoms with Gasteiger partial charge in [0.2, 0.25) is 0 Å². The first-order valence-corrected chi connectivity index (χ1v) is 9.28. The van der Waals surface area contributed by atoms with E-state index in [0.717, 1.165) is 25.9 Å². The quantitative estimate of drug-likeness (QED) is 0.559. The van der Waals surface area contributed by atoms with Gasteiger partial charge in [-0.1, -0.05) is 10.2 Å². The Balaban J connectivity index is 0.00000256. The van der Waals surface area contributed by atoms with Crippen LogP contribution in [0.5, 0.6) is 11.8 Å². The van der Waals surface area contributed by atoms with Gasteiger partial charge in [-0.25, -0.2) is 4.79 Å². The van der Waals surface area contributed by atoms with E-state index in [1.807, 2.05) is 0 Å². The highest BCUT2D eigenvalue weighted by Crippen LogP contribution is 2.24. The summed E-state index contributed by atoms with van der Waals surface area (Å²) in [6.07, 6.45) is 1.99. The van der Waals surface area contributed by atoms with E-state index in [2.05, 4.69) is 31.3 Å². The van der Waals surface area contributed by atoms with Crippen LogP contribution in [0.25, 0.3) is 0 Å². The van der Waals surface area contributed by atoms with E-state index < -0.39 is 11.5 Å². The lowest BCUT2D eigenvalue weighted by atomic mass is 9.95. The molecule has 1 aliphatic heterocycles. The van der Waals surface area contributed by atoms with Gasteiger partial charge >= 0.3 is 11.6 Å². The number of halogens is 1. The molecule has 1 aliphatic rings. The van der Waals surface area contributed by atoms with Crippen molar-refractivity contribution >= 4 is 24.0 Å². The zero-order valence-corrected chi connectivity index (χ0v) is 17.0. The number of carbonyl (C=O) groups is 1. The molecule has 1 atom stereocenters. The summed E-state index contributed by atoms with van der Waals surface area (Å²) in [5, 5.41) is 19.1. The van der Waals surface area contributed by atoms with Crippen molar-refractivity contribution in [1.29, 1.82) is 0 Å². The molecule has 3 N–H and O–H groups in total. The molecule has 0 radical (unpaired) electrons. The lowest BCUT2D eigenvalue weighted by Gasteiger charge is -2.22. The second-order valence-electron chi connectivity index (χ2n) is 6.81. The largest absolute Gasteiger partial charge is 0.427 e. The maximum Gasteiger partial charge on any atom is 0.361 e. The Morgan fingerprint density at radius 1 is 1.30 bits per heavy atom. The summed E-state index contributed by atoms with van der Waals surface area (Å²) in [5.74, 6) is 0.736. The SMILES string of the molecule is Cc1cc(C2CCCNC2)oc(=O)c1C(=O)Nc1ccc(Oc2nn[nH]n2)cc1.Cl. The average Bonchev–Trinajstić information content (AvgIpc) is 3.23. The predicted octanol–water partition coefficient (Wildman–Crippen LogP) is 2.39. The summed E-state index contributed by atoms with van der Waals surface area (Å²) in [6, 6.07) is 8.44. The van der Waals surface area contributed by atoms with Crippen LogP contribution in [0.1, 0.15) is 40.4 Å². The number of H-pyrrole nitrogens is 1. The Labute approximate surface area is 177 Å². The molecular weight excluding hydrogens is 412 g/mol. The van der Waals surface area contributed by atoms with E-state index in [9.17, 15) is 9.59 Å². The molecule has 1 unspecified atom stereocenters. The van der Waals surface area contributed by atoms with Crippen molar-refractivity contribution in [2.45, 2.75) is 25.7 Å². The van der Waals surface area contributed by atoms with E-state index >= 15 is 0 Å². The fourth-order valence-corrected chi connectivity index (χ4v) is 3.30. The number of aromatic amines is 1. The topological polar surface area (TPSA) is 135 Å². The summed E-state index contributed by atoms with van der Waals surface area (Å²) in [4.78, 5) is 25.1. The second kappa shape index (κ2) is 9.51. The Morgan fingerprint density at radius 3 is 2.73 bits per heavy atom. The molecule has 1 aromatic carbocycles. The second-order valence-corrected chi connectivity index (χ2v) is 6.81. The van der Waals surface area contributed by atoms with Crippen LogP contribution >= 0.6 is 12.4 Å². The van der Waals surface area contributed by atoms with Gasteiger partial charge < -0.3 is 19.8 Å². The first kappa shape index (κ1) is 21.5. The molecule has 158 valence electrons.